The number of carbonyl (C=O) groups is 2. The summed E-state index contributed by atoms with van der Waals surface area (Å²) in [5.41, 5.74) is 1.46. The van der Waals surface area contributed by atoms with E-state index >= 15 is 0 Å². The van der Waals surface area contributed by atoms with Crippen molar-refractivity contribution in [3.8, 4) is 0 Å². The van der Waals surface area contributed by atoms with Crippen LogP contribution in [-0.4, -0.2) is 29.0 Å². The molecule has 156 valence electrons. The Hall–Kier alpha value is -3.56. The first-order valence-electron chi connectivity index (χ1n) is 9.10. The molecule has 7 nitrogen and oxygen atoms in total. The number of aromatic nitrogens is 2. The minimum absolute atomic E-state index is 0.390. The SMILES string of the molecule is COC(=O)n1ncc2c(NC(=O)NC3CCc4cc(C(F)(F)F)ccc43)cccc21. The number of amides is 2. The Morgan fingerprint density at radius 1 is 1.23 bits per heavy atom. The van der Waals surface area contributed by atoms with Crippen LogP contribution in [0.5, 0.6) is 0 Å². The molecule has 2 N–H and O–H groups in total. The molecule has 1 atom stereocenters. The third kappa shape index (κ3) is 3.56. The number of methoxy groups -OCH3 is 1. The highest BCUT2D eigenvalue weighted by Gasteiger charge is 2.33. The number of nitrogens with zero attached hydrogens (tertiary/aromatic N) is 2. The first-order chi connectivity index (χ1) is 14.3. The van der Waals surface area contributed by atoms with Crippen LogP contribution >= 0.6 is 0 Å². The monoisotopic (exact) mass is 418 g/mol. The zero-order chi connectivity index (χ0) is 21.5. The molecule has 1 heterocycles. The first kappa shape index (κ1) is 19.7. The molecule has 0 saturated heterocycles. The number of nitrogens with one attached hydrogen (secondary N) is 2. The average Bonchev–Trinajstić information content (AvgIpc) is 3.31. The second kappa shape index (κ2) is 7.36. The molecule has 0 fully saturated rings. The molecule has 1 aliphatic rings. The van der Waals surface area contributed by atoms with Crippen molar-refractivity contribution >= 4 is 28.7 Å². The maximum Gasteiger partial charge on any atom is 0.434 e. The van der Waals surface area contributed by atoms with Gasteiger partial charge >= 0.3 is 18.3 Å². The molecule has 1 aliphatic carbocycles. The molecule has 2 amide bonds. The number of halogens is 3. The van der Waals surface area contributed by atoms with E-state index in [4.69, 9.17) is 0 Å². The standard InChI is InChI=1S/C20H17F3N4O3/c1-30-19(29)27-17-4-2-3-15(14(17)10-24-27)25-18(28)26-16-8-5-11-9-12(20(21,22)23)6-7-13(11)16/h2-4,6-7,9-10,16H,5,8H2,1H3,(H2,25,26,28). The van der Waals surface area contributed by atoms with Crippen LogP contribution in [-0.2, 0) is 17.3 Å². The minimum Gasteiger partial charge on any atom is -0.451 e. The van der Waals surface area contributed by atoms with Crippen LogP contribution < -0.4 is 10.6 Å². The highest BCUT2D eigenvalue weighted by molar-refractivity contribution is 6.02. The topological polar surface area (TPSA) is 85.2 Å². The fourth-order valence-electron chi connectivity index (χ4n) is 3.65. The molecule has 1 unspecified atom stereocenters. The van der Waals surface area contributed by atoms with Gasteiger partial charge in [0.05, 0.1) is 36.1 Å². The van der Waals surface area contributed by atoms with Crippen molar-refractivity contribution in [1.29, 1.82) is 0 Å². The fourth-order valence-corrected chi connectivity index (χ4v) is 3.65. The van der Waals surface area contributed by atoms with E-state index < -0.39 is 23.9 Å². The van der Waals surface area contributed by atoms with Gasteiger partial charge in [0.1, 0.15) is 0 Å². The number of anilines is 1. The summed E-state index contributed by atoms with van der Waals surface area (Å²) in [6, 6.07) is 7.65. The van der Waals surface area contributed by atoms with E-state index in [-0.39, 0.29) is 6.04 Å². The van der Waals surface area contributed by atoms with Crippen molar-refractivity contribution in [2.45, 2.75) is 25.1 Å². The number of urea groups is 1. The van der Waals surface area contributed by atoms with Crippen molar-refractivity contribution < 1.29 is 27.5 Å². The molecular formula is C20H17F3N4O3. The summed E-state index contributed by atoms with van der Waals surface area (Å²) in [6.45, 7) is 0. The molecule has 0 bridgehead atoms. The maximum absolute atomic E-state index is 12.9. The molecule has 4 rings (SSSR count). The summed E-state index contributed by atoms with van der Waals surface area (Å²) in [5.74, 6) is 0. The average molecular weight is 418 g/mol. The molecular weight excluding hydrogens is 401 g/mol. The summed E-state index contributed by atoms with van der Waals surface area (Å²) in [6.07, 6.45) is -2.66. The molecule has 10 heteroatoms. The second-order valence-corrected chi connectivity index (χ2v) is 6.87. The number of hydrogen-bond donors (Lipinski definition) is 2. The largest absolute Gasteiger partial charge is 0.451 e. The molecule has 30 heavy (non-hydrogen) atoms. The minimum atomic E-state index is -4.40. The molecule has 3 aromatic rings. The Morgan fingerprint density at radius 2 is 2.03 bits per heavy atom. The van der Waals surface area contributed by atoms with Gasteiger partial charge in [-0.25, -0.2) is 9.59 Å². The van der Waals surface area contributed by atoms with E-state index in [0.717, 1.165) is 16.8 Å². The molecule has 0 radical (unpaired) electrons. The summed E-state index contributed by atoms with van der Waals surface area (Å²) in [7, 11) is 1.24. The Morgan fingerprint density at radius 3 is 2.77 bits per heavy atom. The van der Waals surface area contributed by atoms with Crippen LogP contribution in [0.1, 0.15) is 29.2 Å². The molecule has 2 aromatic carbocycles. The van der Waals surface area contributed by atoms with Crippen molar-refractivity contribution in [2.75, 3.05) is 12.4 Å². The van der Waals surface area contributed by atoms with Gasteiger partial charge in [-0.15, -0.1) is 0 Å². The third-order valence-electron chi connectivity index (χ3n) is 5.06. The van der Waals surface area contributed by atoms with E-state index in [1.807, 2.05) is 0 Å². The molecule has 0 spiro atoms. The van der Waals surface area contributed by atoms with Crippen LogP contribution in [0, 0.1) is 0 Å². The van der Waals surface area contributed by atoms with Gasteiger partial charge in [0.25, 0.3) is 0 Å². The van der Waals surface area contributed by atoms with E-state index in [1.54, 1.807) is 18.2 Å². The molecule has 1 aromatic heterocycles. The Kier molecular flexibility index (Phi) is 4.84. The number of rotatable bonds is 2. The normalized spacial score (nSPS) is 15.7. The predicted octanol–water partition coefficient (Wildman–Crippen LogP) is 4.48. The smallest absolute Gasteiger partial charge is 0.434 e. The molecule has 0 saturated carbocycles. The lowest BCUT2D eigenvalue weighted by Gasteiger charge is -2.16. The number of ether oxygens (including phenoxy) is 1. The third-order valence-corrected chi connectivity index (χ3v) is 5.06. The van der Waals surface area contributed by atoms with Gasteiger partial charge in [0.2, 0.25) is 0 Å². The lowest BCUT2D eigenvalue weighted by molar-refractivity contribution is -0.137. The van der Waals surface area contributed by atoms with Gasteiger partial charge in [-0.1, -0.05) is 12.1 Å². The lowest BCUT2D eigenvalue weighted by atomic mass is 10.0. The number of benzene rings is 2. The zero-order valence-corrected chi connectivity index (χ0v) is 15.8. The van der Waals surface area contributed by atoms with Gasteiger partial charge in [-0.05, 0) is 48.2 Å². The summed E-state index contributed by atoms with van der Waals surface area (Å²) >= 11 is 0. The van der Waals surface area contributed by atoms with Crippen LogP contribution in [0.3, 0.4) is 0 Å². The number of carbonyl (C=O) groups excluding carboxylic acids is 2. The first-order valence-corrected chi connectivity index (χ1v) is 9.10. The highest BCUT2D eigenvalue weighted by atomic mass is 19.4. The number of aryl methyl sites for hydroxylation is 1. The number of hydrogen-bond acceptors (Lipinski definition) is 4. The fraction of sp³-hybridized carbons (Fsp3) is 0.250. The van der Waals surface area contributed by atoms with E-state index in [9.17, 15) is 22.8 Å². The summed E-state index contributed by atoms with van der Waals surface area (Å²) in [5, 5.41) is 10.0. The summed E-state index contributed by atoms with van der Waals surface area (Å²) in [4.78, 5) is 24.3. The Bertz CT molecular complexity index is 1140. The Labute approximate surface area is 168 Å². The van der Waals surface area contributed by atoms with Crippen molar-refractivity contribution in [3.05, 3.63) is 59.3 Å². The predicted molar refractivity (Wildman–Crippen MR) is 102 cm³/mol. The highest BCUT2D eigenvalue weighted by Crippen LogP contribution is 2.36. The number of fused-ring (bicyclic) bond motifs is 2. The Balaban J connectivity index is 1.51. The van der Waals surface area contributed by atoms with Crippen molar-refractivity contribution in [2.24, 2.45) is 0 Å². The van der Waals surface area contributed by atoms with Gasteiger partial charge in [-0.2, -0.15) is 23.0 Å². The second-order valence-electron chi connectivity index (χ2n) is 6.87. The number of alkyl halides is 3. The van der Waals surface area contributed by atoms with Gasteiger partial charge in [-0.3, -0.25) is 0 Å². The van der Waals surface area contributed by atoms with Crippen LogP contribution in [0.4, 0.5) is 28.4 Å². The van der Waals surface area contributed by atoms with Crippen LogP contribution in [0.25, 0.3) is 10.9 Å². The van der Waals surface area contributed by atoms with Gasteiger partial charge in [0.15, 0.2) is 0 Å². The van der Waals surface area contributed by atoms with Crippen LogP contribution in [0.15, 0.2) is 42.6 Å². The zero-order valence-electron chi connectivity index (χ0n) is 15.8. The van der Waals surface area contributed by atoms with Crippen LogP contribution in [0.2, 0.25) is 0 Å². The van der Waals surface area contributed by atoms with E-state index in [0.29, 0.717) is 40.6 Å². The van der Waals surface area contributed by atoms with E-state index in [1.165, 1.54) is 19.4 Å². The lowest BCUT2D eigenvalue weighted by Crippen LogP contribution is -2.31. The quantitative estimate of drug-likeness (QED) is 0.643. The van der Waals surface area contributed by atoms with E-state index in [2.05, 4.69) is 20.5 Å². The molecule has 0 aliphatic heterocycles. The van der Waals surface area contributed by atoms with Gasteiger partial charge in [0, 0.05) is 5.39 Å². The van der Waals surface area contributed by atoms with Crippen molar-refractivity contribution in [1.82, 2.24) is 15.1 Å². The van der Waals surface area contributed by atoms with Crippen molar-refractivity contribution in [3.63, 3.8) is 0 Å². The maximum atomic E-state index is 12.9. The van der Waals surface area contributed by atoms with Gasteiger partial charge < -0.3 is 15.4 Å². The summed E-state index contributed by atoms with van der Waals surface area (Å²) < 4.78 is 44.4.